The number of carbonyl (C=O) groups is 3. The zero-order valence-corrected chi connectivity index (χ0v) is 16.1. The van der Waals surface area contributed by atoms with Crippen molar-refractivity contribution in [1.82, 2.24) is 10.6 Å². The summed E-state index contributed by atoms with van der Waals surface area (Å²) in [6.07, 6.45) is -0.462. The van der Waals surface area contributed by atoms with Gasteiger partial charge in [0.1, 0.15) is 0 Å². The minimum Gasteiger partial charge on any atom is -0.481 e. The number of benzene rings is 2. The van der Waals surface area contributed by atoms with Crippen LogP contribution in [0.25, 0.3) is 10.4 Å². The van der Waals surface area contributed by atoms with E-state index >= 15 is 0 Å². The van der Waals surface area contributed by atoms with Crippen LogP contribution in [0.3, 0.4) is 0 Å². The molecular weight excluding hydrogens is 438 g/mol. The Balaban J connectivity index is 2.02. The smallest absolute Gasteiger partial charge is 0.305 e. The van der Waals surface area contributed by atoms with Gasteiger partial charge in [-0.2, -0.15) is 0 Å². The standard InChI is InChI=1S/C19H15F4N5O4/c20-13-6-12(15(21)17(23)16(13)22)19(32)25-7-9-1-3-10(4-2-9)18(31)27-11(5-14(29)30)8-26-28-24/h1-4,6,11H,5,7-8H2,(H,25,32)(H,27,31)(H,29,30)/t11-/m0/s1. The van der Waals surface area contributed by atoms with Crippen molar-refractivity contribution in [2.75, 3.05) is 6.54 Å². The van der Waals surface area contributed by atoms with E-state index < -0.39 is 59.1 Å². The van der Waals surface area contributed by atoms with Gasteiger partial charge in [0.05, 0.1) is 12.0 Å². The van der Waals surface area contributed by atoms with Crippen LogP contribution in [0.1, 0.15) is 32.7 Å². The van der Waals surface area contributed by atoms with E-state index in [1.807, 2.05) is 0 Å². The third kappa shape index (κ3) is 6.19. The molecule has 13 heteroatoms. The highest BCUT2D eigenvalue weighted by Crippen LogP contribution is 2.18. The number of hydrogen-bond donors (Lipinski definition) is 3. The monoisotopic (exact) mass is 453 g/mol. The maximum Gasteiger partial charge on any atom is 0.305 e. The fourth-order valence-corrected chi connectivity index (χ4v) is 2.57. The molecule has 0 aliphatic carbocycles. The molecule has 3 N–H and O–H groups in total. The largest absolute Gasteiger partial charge is 0.481 e. The number of carboxylic acid groups (broad SMARTS) is 1. The predicted octanol–water partition coefficient (Wildman–Crippen LogP) is 3.06. The molecule has 0 heterocycles. The zero-order chi connectivity index (χ0) is 23.8. The van der Waals surface area contributed by atoms with Gasteiger partial charge < -0.3 is 15.7 Å². The molecule has 9 nitrogen and oxygen atoms in total. The number of rotatable bonds is 9. The Labute approximate surface area is 177 Å². The molecule has 0 aliphatic heterocycles. The Hall–Kier alpha value is -4.12. The quantitative estimate of drug-likeness (QED) is 0.134. The average molecular weight is 453 g/mol. The van der Waals surface area contributed by atoms with E-state index in [0.29, 0.717) is 5.56 Å². The highest BCUT2D eigenvalue weighted by molar-refractivity contribution is 5.95. The van der Waals surface area contributed by atoms with E-state index in [-0.39, 0.29) is 24.7 Å². The van der Waals surface area contributed by atoms with Gasteiger partial charge in [-0.15, -0.1) is 0 Å². The number of halogens is 4. The maximum atomic E-state index is 13.7. The van der Waals surface area contributed by atoms with Crippen molar-refractivity contribution in [2.45, 2.75) is 19.0 Å². The van der Waals surface area contributed by atoms with Gasteiger partial charge >= 0.3 is 5.97 Å². The first-order valence-electron chi connectivity index (χ1n) is 8.87. The Morgan fingerprint density at radius 3 is 2.28 bits per heavy atom. The molecule has 32 heavy (non-hydrogen) atoms. The lowest BCUT2D eigenvalue weighted by Gasteiger charge is -2.14. The first-order chi connectivity index (χ1) is 15.1. The molecule has 1 atom stereocenters. The summed E-state index contributed by atoms with van der Waals surface area (Å²) >= 11 is 0. The Kier molecular flexibility index (Phi) is 8.13. The van der Waals surface area contributed by atoms with E-state index in [9.17, 15) is 31.9 Å². The van der Waals surface area contributed by atoms with Crippen LogP contribution in [0.2, 0.25) is 0 Å². The van der Waals surface area contributed by atoms with Gasteiger partial charge in [0.25, 0.3) is 11.8 Å². The van der Waals surface area contributed by atoms with Gasteiger partial charge in [-0.3, -0.25) is 14.4 Å². The molecule has 0 aliphatic rings. The number of nitrogens with one attached hydrogen (secondary N) is 2. The molecule has 0 saturated heterocycles. The van der Waals surface area contributed by atoms with Crippen molar-refractivity contribution < 1.29 is 37.1 Å². The molecule has 168 valence electrons. The molecule has 2 aromatic carbocycles. The number of nitrogens with zero attached hydrogens (tertiary/aromatic N) is 3. The van der Waals surface area contributed by atoms with E-state index in [1.165, 1.54) is 24.3 Å². The van der Waals surface area contributed by atoms with Crippen LogP contribution in [-0.4, -0.2) is 35.5 Å². The summed E-state index contributed by atoms with van der Waals surface area (Å²) in [4.78, 5) is 37.6. The first kappa shape index (κ1) is 24.2. The summed E-state index contributed by atoms with van der Waals surface area (Å²) in [5.74, 6) is -10.7. The number of carbonyl (C=O) groups excluding carboxylic acids is 2. The second kappa shape index (κ2) is 10.8. The highest BCUT2D eigenvalue weighted by atomic mass is 19.2. The highest BCUT2D eigenvalue weighted by Gasteiger charge is 2.23. The minimum atomic E-state index is -2.10. The van der Waals surface area contributed by atoms with Gasteiger partial charge in [-0.25, -0.2) is 17.6 Å². The van der Waals surface area contributed by atoms with Crippen molar-refractivity contribution in [1.29, 1.82) is 0 Å². The fraction of sp³-hybridized carbons (Fsp3) is 0.211. The topological polar surface area (TPSA) is 144 Å². The summed E-state index contributed by atoms with van der Waals surface area (Å²) in [6.45, 7) is -0.473. The number of carboxylic acids is 1. The van der Waals surface area contributed by atoms with E-state index in [4.69, 9.17) is 10.6 Å². The van der Waals surface area contributed by atoms with Crippen LogP contribution in [0.4, 0.5) is 17.6 Å². The third-order valence-corrected chi connectivity index (χ3v) is 4.14. The van der Waals surface area contributed by atoms with Crippen molar-refractivity contribution in [2.24, 2.45) is 5.11 Å². The Bertz CT molecular complexity index is 1080. The van der Waals surface area contributed by atoms with Gasteiger partial charge in [0, 0.05) is 29.6 Å². The number of amides is 2. The van der Waals surface area contributed by atoms with Crippen molar-refractivity contribution >= 4 is 17.8 Å². The predicted molar refractivity (Wildman–Crippen MR) is 101 cm³/mol. The molecular formula is C19H15F4N5O4. The van der Waals surface area contributed by atoms with Crippen LogP contribution in [0.15, 0.2) is 35.4 Å². The maximum absolute atomic E-state index is 13.7. The second-order valence-corrected chi connectivity index (χ2v) is 6.41. The van der Waals surface area contributed by atoms with Crippen LogP contribution < -0.4 is 10.6 Å². The third-order valence-electron chi connectivity index (χ3n) is 4.14. The molecule has 0 unspecified atom stereocenters. The second-order valence-electron chi connectivity index (χ2n) is 6.41. The lowest BCUT2D eigenvalue weighted by Crippen LogP contribution is -2.38. The number of azide groups is 1. The van der Waals surface area contributed by atoms with Crippen LogP contribution in [0, 0.1) is 23.3 Å². The molecule has 2 amide bonds. The van der Waals surface area contributed by atoms with Crippen molar-refractivity contribution in [3.8, 4) is 0 Å². The molecule has 0 fully saturated rings. The van der Waals surface area contributed by atoms with E-state index in [1.54, 1.807) is 0 Å². The van der Waals surface area contributed by atoms with E-state index in [0.717, 1.165) is 0 Å². The molecule has 0 aromatic heterocycles. The first-order valence-corrected chi connectivity index (χ1v) is 8.87. The van der Waals surface area contributed by atoms with Crippen LogP contribution in [-0.2, 0) is 11.3 Å². The normalized spacial score (nSPS) is 11.2. The lowest BCUT2D eigenvalue weighted by molar-refractivity contribution is -0.137. The summed E-state index contributed by atoms with van der Waals surface area (Å²) < 4.78 is 53.2. The molecule has 0 saturated carbocycles. The average Bonchev–Trinajstić information content (AvgIpc) is 2.76. The SMILES string of the molecule is [N-]=[N+]=NC[C@H](CC(=O)O)NC(=O)c1ccc(CNC(=O)c2cc(F)c(F)c(F)c2F)cc1. The summed E-state index contributed by atoms with van der Waals surface area (Å²) in [5, 5.41) is 16.7. The van der Waals surface area contributed by atoms with Crippen LogP contribution >= 0.6 is 0 Å². The van der Waals surface area contributed by atoms with Gasteiger partial charge in [0.15, 0.2) is 23.3 Å². The molecule has 2 aromatic rings. The lowest BCUT2D eigenvalue weighted by atomic mass is 10.1. The molecule has 0 spiro atoms. The summed E-state index contributed by atoms with van der Waals surface area (Å²) in [6, 6.07) is 4.83. The van der Waals surface area contributed by atoms with Gasteiger partial charge in [0.2, 0.25) is 0 Å². The summed E-state index contributed by atoms with van der Waals surface area (Å²) in [7, 11) is 0. The van der Waals surface area contributed by atoms with Crippen molar-refractivity contribution in [3.63, 3.8) is 0 Å². The Morgan fingerprint density at radius 1 is 1.03 bits per heavy atom. The molecule has 2 rings (SSSR count). The summed E-state index contributed by atoms with van der Waals surface area (Å²) in [5.41, 5.74) is 7.88. The molecule has 0 radical (unpaired) electrons. The fourth-order valence-electron chi connectivity index (χ4n) is 2.57. The van der Waals surface area contributed by atoms with E-state index in [2.05, 4.69) is 20.7 Å². The zero-order valence-electron chi connectivity index (χ0n) is 16.1. The minimum absolute atomic E-state index is 0.130. The Morgan fingerprint density at radius 2 is 1.69 bits per heavy atom. The molecule has 0 bridgehead atoms. The van der Waals surface area contributed by atoms with Crippen LogP contribution in [0.5, 0.6) is 0 Å². The number of hydrogen-bond acceptors (Lipinski definition) is 4. The number of aliphatic carboxylic acids is 1. The van der Waals surface area contributed by atoms with Gasteiger partial charge in [-0.1, -0.05) is 17.2 Å². The van der Waals surface area contributed by atoms with Crippen molar-refractivity contribution in [3.05, 3.63) is 80.7 Å². The van der Waals surface area contributed by atoms with Gasteiger partial charge in [-0.05, 0) is 29.3 Å².